The maximum absolute atomic E-state index is 12.6. The summed E-state index contributed by atoms with van der Waals surface area (Å²) in [4.78, 5) is 26.1. The van der Waals surface area contributed by atoms with Crippen LogP contribution in [0.4, 0.5) is 5.69 Å². The van der Waals surface area contributed by atoms with Gasteiger partial charge in [0.15, 0.2) is 22.8 Å². The molecule has 1 aliphatic heterocycles. The molecule has 2 heterocycles. The van der Waals surface area contributed by atoms with E-state index in [-0.39, 0.29) is 41.9 Å². The molecule has 0 fully saturated rings. The largest absolute Gasteiger partial charge is 1.00 e. The summed E-state index contributed by atoms with van der Waals surface area (Å²) in [5, 5.41) is 4.32. The monoisotopic (exact) mass is 435 g/mol. The molecule has 0 unspecified atom stereocenters. The number of para-hydroxylation sites is 2. The van der Waals surface area contributed by atoms with Crippen LogP contribution in [-0.4, -0.2) is 37.2 Å². The molecule has 0 radical (unpaired) electrons. The fourth-order valence-corrected chi connectivity index (χ4v) is 3.51. The fourth-order valence-electron chi connectivity index (χ4n) is 2.66. The zero-order valence-corrected chi connectivity index (χ0v) is 16.1. The molecule has 3 aromatic rings. The average Bonchev–Trinajstić information content (AvgIpc) is 3.04. The predicted molar refractivity (Wildman–Crippen MR) is 91.3 cm³/mol. The Morgan fingerprint density at radius 2 is 2.15 bits per heavy atom. The van der Waals surface area contributed by atoms with Crippen molar-refractivity contribution in [1.29, 1.82) is 0 Å². The van der Waals surface area contributed by atoms with Gasteiger partial charge in [0.1, 0.15) is 23.5 Å². The molecule has 9 heteroatoms. The number of esters is 1. The van der Waals surface area contributed by atoms with E-state index in [9.17, 15) is 9.59 Å². The number of hydrogen-bond donors (Lipinski definition) is 0. The molecule has 1 aliphatic rings. The van der Waals surface area contributed by atoms with Gasteiger partial charge in [-0.15, -0.1) is 0 Å². The van der Waals surface area contributed by atoms with Crippen molar-refractivity contribution >= 4 is 39.3 Å². The molecule has 0 N–H and O–H groups in total. The Morgan fingerprint density at radius 3 is 2.96 bits per heavy atom. The van der Waals surface area contributed by atoms with Gasteiger partial charge in [-0.05, 0) is 24.3 Å². The molecular weight excluding hydrogens is 422 g/mol. The number of ether oxygens (including phenoxy) is 2. The highest BCUT2D eigenvalue weighted by molar-refractivity contribution is 7.09. The van der Waals surface area contributed by atoms with E-state index < -0.39 is 0 Å². The van der Waals surface area contributed by atoms with Crippen molar-refractivity contribution in [2.45, 2.75) is 0 Å². The van der Waals surface area contributed by atoms with E-state index in [2.05, 4.69) is 5.10 Å². The lowest BCUT2D eigenvalue weighted by Gasteiger charge is -2.27. The van der Waals surface area contributed by atoms with Crippen LogP contribution in [0.5, 0.6) is 11.5 Å². The number of rotatable bonds is 3. The number of anilines is 1. The summed E-state index contributed by atoms with van der Waals surface area (Å²) in [5.41, 5.74) is 1.44. The maximum Gasteiger partial charge on any atom is 0.449 e. The Morgan fingerprint density at radius 1 is 1.35 bits per heavy atom. The van der Waals surface area contributed by atoms with Crippen molar-refractivity contribution in [1.82, 2.24) is 5.10 Å². The second kappa shape index (κ2) is 7.38. The lowest BCUT2D eigenvalue weighted by atomic mass is 10.2. The minimum atomic E-state index is -0.384. The first-order valence-electron chi connectivity index (χ1n) is 7.59. The highest BCUT2D eigenvalue weighted by atomic mass is 79.9. The van der Waals surface area contributed by atoms with Crippen LogP contribution < -0.4 is 35.4 Å². The molecule has 2 aromatic carbocycles. The van der Waals surface area contributed by atoms with E-state index in [1.54, 1.807) is 30.2 Å². The molecule has 1 aromatic heterocycles. The molecule has 0 saturated heterocycles. The van der Waals surface area contributed by atoms with Crippen LogP contribution in [0.25, 0.3) is 10.2 Å². The number of fused-ring (bicyclic) bond motifs is 2. The van der Waals surface area contributed by atoms with Crippen LogP contribution in [0, 0.1) is 0 Å². The third kappa shape index (κ3) is 3.40. The molecule has 134 valence electrons. The third-order valence-corrected chi connectivity index (χ3v) is 4.82. The normalized spacial score (nSPS) is 13.0. The van der Waals surface area contributed by atoms with Crippen molar-refractivity contribution in [2.75, 3.05) is 25.1 Å². The predicted octanol–water partition coefficient (Wildman–Crippen LogP) is -1.34. The van der Waals surface area contributed by atoms with Gasteiger partial charge >= 0.3 is 11.9 Å². The molecule has 0 amide bonds. The highest BCUT2D eigenvalue weighted by Crippen LogP contribution is 2.31. The number of methoxy groups -OCH3 is 1. The fraction of sp³-hybridized carbons (Fsp3) is 0.176. The van der Waals surface area contributed by atoms with E-state index in [1.807, 2.05) is 24.3 Å². The molecule has 0 atom stereocenters. The van der Waals surface area contributed by atoms with Crippen LogP contribution >= 0.6 is 11.5 Å². The van der Waals surface area contributed by atoms with Crippen LogP contribution in [0.3, 0.4) is 0 Å². The number of carbonyl (C=O) groups excluding carboxylic acids is 2. The van der Waals surface area contributed by atoms with Gasteiger partial charge in [-0.3, -0.25) is 0 Å². The minimum absolute atomic E-state index is 0. The number of benzene rings is 2. The van der Waals surface area contributed by atoms with E-state index >= 15 is 0 Å². The van der Waals surface area contributed by atoms with E-state index in [0.717, 1.165) is 15.9 Å². The molecule has 0 aliphatic carbocycles. The standard InChI is InChI=1S/C17H14N3O4S.BrH/c1-23-11-6-7-12-15(8-11)25-20(18-12)16(21)9-19-10-17(22)24-14-5-3-2-4-13(14)19;/h2-8H,9-10H2,1H3;1H/q+1;/p-1. The Balaban J connectivity index is 0.00000196. The number of aromatic nitrogens is 2. The third-order valence-electron chi connectivity index (χ3n) is 3.84. The van der Waals surface area contributed by atoms with Gasteiger partial charge in [-0.25, -0.2) is 9.59 Å². The second-order valence-corrected chi connectivity index (χ2v) is 6.46. The SMILES string of the molecule is COc1ccc2n[n+](C(=O)CN3CC(=O)Oc4ccccc43)sc2c1.[Br-]. The van der Waals surface area contributed by atoms with Gasteiger partial charge in [0.05, 0.1) is 16.9 Å². The summed E-state index contributed by atoms with van der Waals surface area (Å²) in [5.74, 6) is 0.573. The van der Waals surface area contributed by atoms with Crippen LogP contribution in [0.15, 0.2) is 42.5 Å². The Hall–Kier alpha value is -2.52. The van der Waals surface area contributed by atoms with Crippen molar-refractivity contribution < 1.29 is 40.1 Å². The summed E-state index contributed by atoms with van der Waals surface area (Å²) in [6.45, 7) is 0.0652. The summed E-state index contributed by atoms with van der Waals surface area (Å²) < 4.78 is 12.6. The molecule has 0 spiro atoms. The molecular formula is C17H14BrN3O4S. The molecule has 4 rings (SSSR count). The quantitative estimate of drug-likeness (QED) is 0.288. The van der Waals surface area contributed by atoms with Gasteiger partial charge in [-0.1, -0.05) is 12.1 Å². The molecule has 7 nitrogen and oxygen atoms in total. The van der Waals surface area contributed by atoms with E-state index in [4.69, 9.17) is 9.47 Å². The first kappa shape index (κ1) is 18.3. The smallest absolute Gasteiger partial charge is 0.449 e. The van der Waals surface area contributed by atoms with Gasteiger partial charge in [0.25, 0.3) is 0 Å². The second-order valence-electron chi connectivity index (χ2n) is 5.49. The summed E-state index contributed by atoms with van der Waals surface area (Å²) in [6, 6.07) is 12.6. The first-order valence-corrected chi connectivity index (χ1v) is 8.36. The van der Waals surface area contributed by atoms with Crippen molar-refractivity contribution in [2.24, 2.45) is 0 Å². The summed E-state index contributed by atoms with van der Waals surface area (Å²) in [6.07, 6.45) is 0. The van der Waals surface area contributed by atoms with Gasteiger partial charge in [0, 0.05) is 11.2 Å². The maximum atomic E-state index is 12.6. The van der Waals surface area contributed by atoms with E-state index in [0.29, 0.717) is 11.5 Å². The van der Waals surface area contributed by atoms with Gasteiger partial charge < -0.3 is 31.4 Å². The topological polar surface area (TPSA) is 72.6 Å². The zero-order valence-electron chi connectivity index (χ0n) is 13.7. The summed E-state index contributed by atoms with van der Waals surface area (Å²) in [7, 11) is 1.59. The number of carbonyl (C=O) groups is 2. The van der Waals surface area contributed by atoms with E-state index in [1.165, 1.54) is 15.6 Å². The van der Waals surface area contributed by atoms with Gasteiger partial charge in [-0.2, -0.15) is 0 Å². The van der Waals surface area contributed by atoms with Crippen LogP contribution in [-0.2, 0) is 4.79 Å². The Kier molecular flexibility index (Phi) is 5.19. The molecule has 0 bridgehead atoms. The number of hydrogen-bond acceptors (Lipinski definition) is 7. The highest BCUT2D eigenvalue weighted by Gasteiger charge is 2.30. The molecule has 26 heavy (non-hydrogen) atoms. The minimum Gasteiger partial charge on any atom is -1.00 e. The van der Waals surface area contributed by atoms with Crippen LogP contribution in [0.1, 0.15) is 4.79 Å². The Labute approximate surface area is 163 Å². The first-order chi connectivity index (χ1) is 12.1. The molecule has 0 saturated carbocycles. The lowest BCUT2D eigenvalue weighted by Crippen LogP contribution is -3.00. The number of nitrogens with zero attached hydrogens (tertiary/aromatic N) is 3. The Bertz CT molecular complexity index is 991. The van der Waals surface area contributed by atoms with Gasteiger partial charge in [0.2, 0.25) is 0 Å². The number of halogens is 1. The average molecular weight is 436 g/mol. The summed E-state index contributed by atoms with van der Waals surface area (Å²) >= 11 is 1.24. The van der Waals surface area contributed by atoms with Crippen molar-refractivity contribution in [3.05, 3.63) is 42.5 Å². The zero-order chi connectivity index (χ0) is 17.4. The van der Waals surface area contributed by atoms with Crippen molar-refractivity contribution in [3.63, 3.8) is 0 Å². The van der Waals surface area contributed by atoms with Crippen molar-refractivity contribution in [3.8, 4) is 11.5 Å². The lowest BCUT2D eigenvalue weighted by molar-refractivity contribution is -0.563. The van der Waals surface area contributed by atoms with Crippen LogP contribution in [0.2, 0.25) is 0 Å².